The van der Waals surface area contributed by atoms with E-state index in [0.717, 1.165) is 13.0 Å². The minimum absolute atomic E-state index is 0.158. The summed E-state index contributed by atoms with van der Waals surface area (Å²) >= 11 is 6.01. The summed E-state index contributed by atoms with van der Waals surface area (Å²) in [6.07, 6.45) is 3.26. The van der Waals surface area contributed by atoms with Crippen molar-refractivity contribution in [1.82, 2.24) is 4.90 Å². The lowest BCUT2D eigenvalue weighted by Crippen LogP contribution is -2.44. The maximum absolute atomic E-state index is 12.9. The molecule has 4 rings (SSSR count). The Balaban J connectivity index is 1.50. The van der Waals surface area contributed by atoms with Gasteiger partial charge in [0.25, 0.3) is 5.91 Å². The second-order valence-corrected chi connectivity index (χ2v) is 7.04. The lowest BCUT2D eigenvalue weighted by Gasteiger charge is -2.30. The molecule has 0 bridgehead atoms. The molecule has 1 atom stereocenters. The van der Waals surface area contributed by atoms with Gasteiger partial charge in [0.15, 0.2) is 0 Å². The molecule has 0 aliphatic carbocycles. The molecular weight excluding hydrogens is 348 g/mol. The molecule has 0 spiro atoms. The summed E-state index contributed by atoms with van der Waals surface area (Å²) in [7, 11) is 0. The van der Waals surface area contributed by atoms with Crippen LogP contribution in [0.4, 0.5) is 5.69 Å². The van der Waals surface area contributed by atoms with Crippen LogP contribution in [0, 0.1) is 0 Å². The average molecular weight is 367 g/mol. The number of anilines is 1. The Hall–Kier alpha value is -2.43. The first-order chi connectivity index (χ1) is 12.6. The molecule has 2 aliphatic rings. The van der Waals surface area contributed by atoms with Gasteiger partial charge in [0.05, 0.1) is 18.2 Å². The van der Waals surface area contributed by atoms with Gasteiger partial charge in [-0.2, -0.15) is 0 Å². The van der Waals surface area contributed by atoms with Gasteiger partial charge in [-0.05, 0) is 35.8 Å². The van der Waals surface area contributed by atoms with Crippen molar-refractivity contribution in [2.24, 2.45) is 0 Å². The molecule has 2 heterocycles. The zero-order valence-electron chi connectivity index (χ0n) is 14.3. The Morgan fingerprint density at radius 1 is 1.00 bits per heavy atom. The lowest BCUT2D eigenvalue weighted by atomic mass is 9.98. The fraction of sp³-hybridized carbons (Fsp3) is 0.238. The van der Waals surface area contributed by atoms with Crippen molar-refractivity contribution in [2.45, 2.75) is 18.9 Å². The second-order valence-electron chi connectivity index (χ2n) is 6.61. The number of rotatable bonds is 3. The third-order valence-electron chi connectivity index (χ3n) is 5.02. The standard InChI is InChI=1S/C21H19ClN2O2/c22-17-7-4-8-18(13-17)24-20(25)14-19(21(24)26)23-11-9-16(10-12-23)15-5-2-1-3-6-15/h1-9,13,19H,10-12,14H2/t19-/m0/s1. The van der Waals surface area contributed by atoms with Crippen LogP contribution in [0.15, 0.2) is 60.7 Å². The van der Waals surface area contributed by atoms with Crippen molar-refractivity contribution in [3.05, 3.63) is 71.3 Å². The molecule has 0 radical (unpaired) electrons. The molecule has 4 nitrogen and oxygen atoms in total. The van der Waals surface area contributed by atoms with Crippen LogP contribution in [0.3, 0.4) is 0 Å². The van der Waals surface area contributed by atoms with E-state index in [1.54, 1.807) is 24.3 Å². The molecule has 0 saturated carbocycles. The van der Waals surface area contributed by atoms with Crippen molar-refractivity contribution in [2.75, 3.05) is 18.0 Å². The molecule has 132 valence electrons. The van der Waals surface area contributed by atoms with Crippen molar-refractivity contribution in [3.8, 4) is 0 Å². The summed E-state index contributed by atoms with van der Waals surface area (Å²) in [6, 6.07) is 16.8. The van der Waals surface area contributed by atoms with Crippen LogP contribution in [-0.2, 0) is 9.59 Å². The molecule has 26 heavy (non-hydrogen) atoms. The van der Waals surface area contributed by atoms with E-state index in [2.05, 4.69) is 23.1 Å². The fourth-order valence-corrected chi connectivity index (χ4v) is 3.85. The molecule has 0 aromatic heterocycles. The van der Waals surface area contributed by atoms with Crippen LogP contribution in [0.25, 0.3) is 5.57 Å². The van der Waals surface area contributed by atoms with Crippen LogP contribution in [-0.4, -0.2) is 35.8 Å². The summed E-state index contributed by atoms with van der Waals surface area (Å²) in [5.41, 5.74) is 3.07. The van der Waals surface area contributed by atoms with Gasteiger partial charge in [0.2, 0.25) is 5.91 Å². The Morgan fingerprint density at radius 2 is 1.81 bits per heavy atom. The Kier molecular flexibility index (Phi) is 4.62. The van der Waals surface area contributed by atoms with Crippen LogP contribution in [0.2, 0.25) is 5.02 Å². The monoisotopic (exact) mass is 366 g/mol. The highest BCUT2D eigenvalue weighted by Crippen LogP contribution is 2.30. The number of carbonyl (C=O) groups excluding carboxylic acids is 2. The Labute approximate surface area is 157 Å². The highest BCUT2D eigenvalue weighted by molar-refractivity contribution is 6.31. The molecular formula is C21H19ClN2O2. The molecule has 1 saturated heterocycles. The first kappa shape index (κ1) is 17.0. The third kappa shape index (κ3) is 3.18. The summed E-state index contributed by atoms with van der Waals surface area (Å²) in [4.78, 5) is 28.7. The van der Waals surface area contributed by atoms with E-state index in [1.807, 2.05) is 18.2 Å². The predicted molar refractivity (Wildman–Crippen MR) is 103 cm³/mol. The fourth-order valence-electron chi connectivity index (χ4n) is 3.67. The molecule has 2 aliphatic heterocycles. The SMILES string of the molecule is O=C1C[C@H](N2CC=C(c3ccccc3)CC2)C(=O)N1c1cccc(Cl)c1. The van der Waals surface area contributed by atoms with Gasteiger partial charge in [0, 0.05) is 18.1 Å². The number of hydrogen-bond donors (Lipinski definition) is 0. The van der Waals surface area contributed by atoms with E-state index in [-0.39, 0.29) is 18.2 Å². The lowest BCUT2D eigenvalue weighted by molar-refractivity contribution is -0.122. The van der Waals surface area contributed by atoms with Crippen LogP contribution >= 0.6 is 11.6 Å². The number of halogens is 1. The zero-order chi connectivity index (χ0) is 18.1. The maximum atomic E-state index is 12.9. The van der Waals surface area contributed by atoms with E-state index < -0.39 is 6.04 Å². The largest absolute Gasteiger partial charge is 0.287 e. The van der Waals surface area contributed by atoms with Gasteiger partial charge in [-0.25, -0.2) is 4.90 Å². The van der Waals surface area contributed by atoms with Crippen molar-refractivity contribution >= 4 is 34.7 Å². The number of carbonyl (C=O) groups is 2. The highest BCUT2D eigenvalue weighted by atomic mass is 35.5. The topological polar surface area (TPSA) is 40.6 Å². The van der Waals surface area contributed by atoms with Crippen LogP contribution in [0.5, 0.6) is 0 Å². The van der Waals surface area contributed by atoms with E-state index in [0.29, 0.717) is 17.3 Å². The molecule has 0 unspecified atom stereocenters. The predicted octanol–water partition coefficient (Wildman–Crippen LogP) is 3.76. The van der Waals surface area contributed by atoms with Crippen molar-refractivity contribution in [3.63, 3.8) is 0 Å². The molecule has 1 fully saturated rings. The van der Waals surface area contributed by atoms with Gasteiger partial charge < -0.3 is 0 Å². The van der Waals surface area contributed by atoms with Crippen LogP contribution in [0.1, 0.15) is 18.4 Å². The van der Waals surface area contributed by atoms with Gasteiger partial charge in [-0.3, -0.25) is 14.5 Å². The smallest absolute Gasteiger partial charge is 0.251 e. The number of amides is 2. The van der Waals surface area contributed by atoms with E-state index in [4.69, 9.17) is 11.6 Å². The van der Waals surface area contributed by atoms with Gasteiger partial charge in [-0.15, -0.1) is 0 Å². The molecule has 2 amide bonds. The quantitative estimate of drug-likeness (QED) is 0.776. The second kappa shape index (κ2) is 7.06. The zero-order valence-corrected chi connectivity index (χ0v) is 15.0. The average Bonchev–Trinajstić information content (AvgIpc) is 2.97. The van der Waals surface area contributed by atoms with E-state index >= 15 is 0 Å². The first-order valence-corrected chi connectivity index (χ1v) is 9.12. The minimum atomic E-state index is -0.393. The third-order valence-corrected chi connectivity index (χ3v) is 5.25. The van der Waals surface area contributed by atoms with Crippen molar-refractivity contribution < 1.29 is 9.59 Å². The molecule has 5 heteroatoms. The Morgan fingerprint density at radius 3 is 2.50 bits per heavy atom. The number of imide groups is 1. The Bertz CT molecular complexity index is 879. The summed E-state index contributed by atoms with van der Waals surface area (Å²) in [5.74, 6) is -0.325. The number of nitrogens with zero attached hydrogens (tertiary/aromatic N) is 2. The number of hydrogen-bond acceptors (Lipinski definition) is 3. The molecule has 0 N–H and O–H groups in total. The minimum Gasteiger partial charge on any atom is -0.287 e. The maximum Gasteiger partial charge on any atom is 0.251 e. The normalized spacial score (nSPS) is 21.2. The van der Waals surface area contributed by atoms with E-state index in [9.17, 15) is 9.59 Å². The first-order valence-electron chi connectivity index (χ1n) is 8.74. The van der Waals surface area contributed by atoms with Gasteiger partial charge in [0.1, 0.15) is 0 Å². The molecule has 2 aromatic carbocycles. The van der Waals surface area contributed by atoms with Crippen molar-refractivity contribution in [1.29, 1.82) is 0 Å². The van der Waals surface area contributed by atoms with Crippen LogP contribution < -0.4 is 4.90 Å². The van der Waals surface area contributed by atoms with Gasteiger partial charge in [-0.1, -0.05) is 54.1 Å². The molecule has 2 aromatic rings. The summed E-state index contributed by atoms with van der Waals surface area (Å²) in [6.45, 7) is 1.45. The number of benzene rings is 2. The summed E-state index contributed by atoms with van der Waals surface area (Å²) in [5, 5.41) is 0.514. The highest BCUT2D eigenvalue weighted by Gasteiger charge is 2.42. The summed E-state index contributed by atoms with van der Waals surface area (Å²) < 4.78 is 0. The van der Waals surface area contributed by atoms with E-state index in [1.165, 1.54) is 16.0 Å². The van der Waals surface area contributed by atoms with Gasteiger partial charge >= 0.3 is 0 Å².